The third-order valence-electron chi connectivity index (χ3n) is 4.15. The number of carbonyl (C=O) groups is 2. The van der Waals surface area contributed by atoms with Crippen LogP contribution in [0.25, 0.3) is 0 Å². The molecule has 1 fully saturated rings. The number of nitrogens with one attached hydrogen (secondary N) is 2. The Balaban J connectivity index is 1.75. The second-order valence-electron chi connectivity index (χ2n) is 5.98. The lowest BCUT2D eigenvalue weighted by molar-refractivity contribution is -0.119. The molecular weight excluding hydrogens is 354 g/mol. The van der Waals surface area contributed by atoms with Crippen molar-refractivity contribution in [3.63, 3.8) is 0 Å². The van der Waals surface area contributed by atoms with Crippen molar-refractivity contribution in [3.05, 3.63) is 47.5 Å². The molecule has 7 heteroatoms. The van der Waals surface area contributed by atoms with Crippen molar-refractivity contribution in [2.45, 2.75) is 19.3 Å². The summed E-state index contributed by atoms with van der Waals surface area (Å²) < 4.78 is 5.38. The topological polar surface area (TPSA) is 70.7 Å². The minimum Gasteiger partial charge on any atom is -0.495 e. The van der Waals surface area contributed by atoms with Crippen LogP contribution in [-0.2, 0) is 4.79 Å². The first-order valence-electron chi connectivity index (χ1n) is 8.39. The van der Waals surface area contributed by atoms with Gasteiger partial charge in [0.1, 0.15) is 5.75 Å². The number of hydrogen-bond donors (Lipinski definition) is 2. The Hall–Kier alpha value is -2.73. The Labute approximate surface area is 157 Å². The van der Waals surface area contributed by atoms with E-state index in [0.717, 1.165) is 12.8 Å². The Morgan fingerprint density at radius 2 is 1.77 bits per heavy atom. The number of rotatable bonds is 4. The smallest absolute Gasteiger partial charge is 0.323 e. The lowest BCUT2D eigenvalue weighted by Gasteiger charge is -2.28. The van der Waals surface area contributed by atoms with Gasteiger partial charge < -0.3 is 20.3 Å². The number of amides is 3. The Bertz CT molecular complexity index is 808. The molecule has 26 heavy (non-hydrogen) atoms. The monoisotopic (exact) mass is 373 g/mol. The van der Waals surface area contributed by atoms with Crippen LogP contribution in [0.4, 0.5) is 21.9 Å². The van der Waals surface area contributed by atoms with Gasteiger partial charge in [-0.2, -0.15) is 0 Å². The molecule has 1 aliphatic heterocycles. The predicted molar refractivity (Wildman–Crippen MR) is 103 cm³/mol. The molecule has 2 aromatic carbocycles. The van der Waals surface area contributed by atoms with Crippen LogP contribution in [0.3, 0.4) is 0 Å². The normalized spacial score (nSPS) is 14.1. The van der Waals surface area contributed by atoms with Crippen LogP contribution in [0.5, 0.6) is 5.75 Å². The molecule has 3 rings (SSSR count). The molecule has 0 saturated carbocycles. The molecule has 1 saturated heterocycles. The lowest BCUT2D eigenvalue weighted by Crippen LogP contribution is -2.35. The van der Waals surface area contributed by atoms with E-state index in [9.17, 15) is 9.59 Å². The van der Waals surface area contributed by atoms with E-state index in [1.165, 1.54) is 0 Å². The Morgan fingerprint density at radius 3 is 2.46 bits per heavy atom. The van der Waals surface area contributed by atoms with E-state index in [0.29, 0.717) is 40.8 Å². The maximum absolute atomic E-state index is 12.2. The van der Waals surface area contributed by atoms with Crippen molar-refractivity contribution in [2.24, 2.45) is 0 Å². The number of nitrogens with zero attached hydrogens (tertiary/aromatic N) is 1. The van der Waals surface area contributed by atoms with E-state index in [1.54, 1.807) is 54.5 Å². The third kappa shape index (κ3) is 4.26. The molecule has 0 unspecified atom stereocenters. The number of carbonyl (C=O) groups excluding carboxylic acids is 2. The van der Waals surface area contributed by atoms with Gasteiger partial charge >= 0.3 is 6.03 Å². The van der Waals surface area contributed by atoms with Crippen LogP contribution in [0.2, 0.25) is 5.02 Å². The molecule has 136 valence electrons. The van der Waals surface area contributed by atoms with Gasteiger partial charge in [-0.05, 0) is 55.3 Å². The van der Waals surface area contributed by atoms with Crippen molar-refractivity contribution in [2.75, 3.05) is 29.2 Å². The fourth-order valence-corrected chi connectivity index (χ4v) is 2.99. The summed E-state index contributed by atoms with van der Waals surface area (Å²) in [6.07, 6.45) is 2.38. The third-order valence-corrected chi connectivity index (χ3v) is 4.40. The highest BCUT2D eigenvalue weighted by molar-refractivity contribution is 6.30. The van der Waals surface area contributed by atoms with Gasteiger partial charge in [0.15, 0.2) is 0 Å². The molecular formula is C19H20ClN3O3. The summed E-state index contributed by atoms with van der Waals surface area (Å²) in [5.74, 6) is 0.668. The molecule has 0 bridgehead atoms. The van der Waals surface area contributed by atoms with Crippen molar-refractivity contribution in [1.29, 1.82) is 0 Å². The van der Waals surface area contributed by atoms with Crippen LogP contribution in [0, 0.1) is 0 Å². The highest BCUT2D eigenvalue weighted by atomic mass is 35.5. The first-order chi connectivity index (χ1) is 12.6. The van der Waals surface area contributed by atoms with Crippen LogP contribution in [-0.4, -0.2) is 25.6 Å². The summed E-state index contributed by atoms with van der Waals surface area (Å²) in [5.41, 5.74) is 1.87. The number of anilines is 3. The molecule has 3 amide bonds. The number of urea groups is 1. The highest BCUT2D eigenvalue weighted by Gasteiger charge is 2.23. The zero-order valence-electron chi connectivity index (χ0n) is 14.4. The molecule has 2 N–H and O–H groups in total. The van der Waals surface area contributed by atoms with Gasteiger partial charge in [0.05, 0.1) is 12.8 Å². The van der Waals surface area contributed by atoms with Gasteiger partial charge in [-0.1, -0.05) is 11.6 Å². The summed E-state index contributed by atoms with van der Waals surface area (Å²) in [5, 5.41) is 6.11. The summed E-state index contributed by atoms with van der Waals surface area (Å²) in [7, 11) is 1.56. The number of benzene rings is 2. The Morgan fingerprint density at radius 1 is 1.08 bits per heavy atom. The van der Waals surface area contributed by atoms with E-state index < -0.39 is 0 Å². The second kappa shape index (κ2) is 8.10. The predicted octanol–water partition coefficient (Wildman–Crippen LogP) is 4.51. The molecule has 0 radical (unpaired) electrons. The SMILES string of the molecule is COc1ccc(NC(=O)Nc2ccc(Cl)cc2)cc1N1CCCCC1=O. The van der Waals surface area contributed by atoms with Crippen LogP contribution in [0.1, 0.15) is 19.3 Å². The number of halogens is 1. The second-order valence-corrected chi connectivity index (χ2v) is 6.41. The average molecular weight is 374 g/mol. The fraction of sp³-hybridized carbons (Fsp3) is 0.263. The van der Waals surface area contributed by atoms with Crippen LogP contribution < -0.4 is 20.3 Å². The van der Waals surface area contributed by atoms with Gasteiger partial charge in [-0.15, -0.1) is 0 Å². The van der Waals surface area contributed by atoms with Crippen molar-refractivity contribution >= 4 is 40.6 Å². The van der Waals surface area contributed by atoms with Crippen molar-refractivity contribution < 1.29 is 14.3 Å². The molecule has 1 heterocycles. The average Bonchev–Trinajstić information content (AvgIpc) is 2.64. The lowest BCUT2D eigenvalue weighted by atomic mass is 10.1. The highest BCUT2D eigenvalue weighted by Crippen LogP contribution is 2.33. The summed E-state index contributed by atoms with van der Waals surface area (Å²) in [6.45, 7) is 0.648. The minimum absolute atomic E-state index is 0.0670. The summed E-state index contributed by atoms with van der Waals surface area (Å²) in [6, 6.07) is 11.7. The molecule has 0 spiro atoms. The Kier molecular flexibility index (Phi) is 5.63. The largest absolute Gasteiger partial charge is 0.495 e. The van der Waals surface area contributed by atoms with Crippen molar-refractivity contribution in [1.82, 2.24) is 0 Å². The molecule has 0 atom stereocenters. The zero-order valence-corrected chi connectivity index (χ0v) is 15.2. The summed E-state index contributed by atoms with van der Waals surface area (Å²) in [4.78, 5) is 26.1. The molecule has 0 aromatic heterocycles. The van der Waals surface area contributed by atoms with Gasteiger partial charge in [0, 0.05) is 29.4 Å². The maximum atomic E-state index is 12.2. The fourth-order valence-electron chi connectivity index (χ4n) is 2.87. The molecule has 0 aliphatic carbocycles. The van der Waals surface area contributed by atoms with E-state index >= 15 is 0 Å². The van der Waals surface area contributed by atoms with Crippen LogP contribution >= 0.6 is 11.6 Å². The minimum atomic E-state index is -0.381. The van der Waals surface area contributed by atoms with E-state index in [4.69, 9.17) is 16.3 Å². The van der Waals surface area contributed by atoms with Gasteiger partial charge in [-0.3, -0.25) is 4.79 Å². The maximum Gasteiger partial charge on any atom is 0.323 e. The van der Waals surface area contributed by atoms with E-state index in [1.807, 2.05) is 0 Å². The van der Waals surface area contributed by atoms with E-state index in [2.05, 4.69) is 10.6 Å². The first-order valence-corrected chi connectivity index (χ1v) is 8.76. The van der Waals surface area contributed by atoms with Gasteiger partial charge in [0.25, 0.3) is 0 Å². The number of methoxy groups -OCH3 is 1. The molecule has 2 aromatic rings. The zero-order chi connectivity index (χ0) is 18.5. The van der Waals surface area contributed by atoms with Crippen molar-refractivity contribution in [3.8, 4) is 5.75 Å². The first kappa shape index (κ1) is 18.1. The van der Waals surface area contributed by atoms with Gasteiger partial charge in [-0.25, -0.2) is 4.79 Å². The summed E-state index contributed by atoms with van der Waals surface area (Å²) >= 11 is 5.84. The van der Waals surface area contributed by atoms with Gasteiger partial charge in [0.2, 0.25) is 5.91 Å². The molecule has 6 nitrogen and oxygen atoms in total. The quantitative estimate of drug-likeness (QED) is 0.828. The molecule has 1 aliphatic rings. The number of hydrogen-bond acceptors (Lipinski definition) is 3. The standard InChI is InChI=1S/C19H20ClN3O3/c1-26-17-10-9-15(12-16(17)23-11-3-2-4-18(23)24)22-19(25)21-14-7-5-13(20)6-8-14/h5-10,12H,2-4,11H2,1H3,(H2,21,22,25). The number of ether oxygens (including phenoxy) is 1. The van der Waals surface area contributed by atoms with E-state index in [-0.39, 0.29) is 11.9 Å². The number of piperidine rings is 1. The van der Waals surface area contributed by atoms with Crippen LogP contribution in [0.15, 0.2) is 42.5 Å².